The molecule has 0 bridgehead atoms. The molecule has 0 aliphatic rings. The highest BCUT2D eigenvalue weighted by Gasteiger charge is 2.17. The van der Waals surface area contributed by atoms with Crippen LogP contribution in [0.2, 0.25) is 0 Å². The van der Waals surface area contributed by atoms with Crippen LogP contribution < -0.4 is 0 Å². The van der Waals surface area contributed by atoms with Gasteiger partial charge in [-0.15, -0.1) is 0 Å². The molecule has 1 heterocycles. The third kappa shape index (κ3) is 2.34. The Morgan fingerprint density at radius 2 is 1.50 bits per heavy atom. The predicted octanol–water partition coefficient (Wildman–Crippen LogP) is 5.86. The van der Waals surface area contributed by atoms with Gasteiger partial charge in [-0.05, 0) is 36.4 Å². The molecule has 0 fully saturated rings. The lowest BCUT2D eigenvalue weighted by Crippen LogP contribution is -2.11. The van der Waals surface area contributed by atoms with Crippen molar-refractivity contribution in [1.29, 1.82) is 0 Å². The normalized spacial score (nSPS) is 13.2. The lowest BCUT2D eigenvalue weighted by atomic mass is 10.2. The van der Waals surface area contributed by atoms with Gasteiger partial charge in [0.2, 0.25) is 0 Å². The number of hydrogen-bond donors (Lipinski definition) is 0. The van der Waals surface area contributed by atoms with Gasteiger partial charge in [0.15, 0.2) is 0 Å². The minimum Gasteiger partial charge on any atom is -0.360 e. The largest absolute Gasteiger partial charge is 0.360 e. The first-order chi connectivity index (χ1) is 9.65. The maximum absolute atomic E-state index is 5.61. The van der Waals surface area contributed by atoms with E-state index < -0.39 is 0 Å². The van der Waals surface area contributed by atoms with Crippen molar-refractivity contribution in [2.24, 2.45) is 0 Å². The highest BCUT2D eigenvalue weighted by Crippen LogP contribution is 2.35. The minimum atomic E-state index is -0.0302. The Morgan fingerprint density at radius 3 is 1.90 bits per heavy atom. The molecule has 3 aromatic rings. The number of hydrogen-bond acceptors (Lipinski definition) is 1. The first kappa shape index (κ1) is 14.6. The smallest absolute Gasteiger partial charge is 0.143 e. The summed E-state index contributed by atoms with van der Waals surface area (Å²) in [6, 6.07) is 12.7. The van der Waals surface area contributed by atoms with Crippen LogP contribution in [0.15, 0.2) is 45.3 Å². The summed E-state index contributed by atoms with van der Waals surface area (Å²) in [6.07, 6.45) is -0.0302. The molecule has 0 saturated carbocycles. The summed E-state index contributed by atoms with van der Waals surface area (Å²) >= 11 is 10.6. The lowest BCUT2D eigenvalue weighted by Gasteiger charge is -2.17. The molecule has 0 N–H and O–H groups in total. The average molecular weight is 462 g/mol. The van der Waals surface area contributed by atoms with Gasteiger partial charge in [0, 0.05) is 32.2 Å². The van der Waals surface area contributed by atoms with Crippen LogP contribution in [-0.2, 0) is 4.74 Å². The van der Waals surface area contributed by atoms with Gasteiger partial charge in [0.05, 0.1) is 11.0 Å². The van der Waals surface area contributed by atoms with Gasteiger partial charge in [-0.3, -0.25) is 0 Å². The maximum atomic E-state index is 5.61. The van der Waals surface area contributed by atoms with Gasteiger partial charge in [-0.2, -0.15) is 0 Å². The van der Waals surface area contributed by atoms with Gasteiger partial charge < -0.3 is 9.30 Å². The fourth-order valence-electron chi connectivity index (χ4n) is 2.55. The zero-order valence-corrected chi connectivity index (χ0v) is 15.5. The lowest BCUT2D eigenvalue weighted by molar-refractivity contribution is 0.0726. The second-order valence-corrected chi connectivity index (χ2v) is 7.02. The Balaban J connectivity index is 2.46. The Hall–Kier alpha value is -0.360. The summed E-state index contributed by atoms with van der Waals surface area (Å²) in [5.74, 6) is 0. The Labute approximate surface area is 142 Å². The highest BCUT2D eigenvalue weighted by atomic mass is 79.9. The topological polar surface area (TPSA) is 14.2 Å². The van der Waals surface area contributed by atoms with E-state index in [0.717, 1.165) is 14.3 Å². The van der Waals surface area contributed by atoms with Crippen molar-refractivity contribution in [1.82, 2.24) is 4.57 Å². The van der Waals surface area contributed by atoms with Crippen molar-refractivity contribution in [2.45, 2.75) is 6.23 Å². The zero-order valence-electron chi connectivity index (χ0n) is 10.7. The number of ether oxygens (including phenoxy) is 1. The van der Waals surface area contributed by atoms with Gasteiger partial charge in [-0.1, -0.05) is 47.8 Å². The number of fused-ring (bicyclic) bond motifs is 3. The highest BCUT2D eigenvalue weighted by molar-refractivity contribution is 9.10. The van der Waals surface area contributed by atoms with Crippen LogP contribution in [0.1, 0.15) is 6.23 Å². The first-order valence-electron chi connectivity index (χ1n) is 6.13. The van der Waals surface area contributed by atoms with Crippen LogP contribution in [0.25, 0.3) is 21.8 Å². The summed E-state index contributed by atoms with van der Waals surface area (Å²) in [6.45, 7) is 0. The van der Waals surface area contributed by atoms with E-state index in [0.29, 0.717) is 0 Å². The molecule has 0 radical (unpaired) electrons. The van der Waals surface area contributed by atoms with Crippen LogP contribution in [0.5, 0.6) is 0 Å². The van der Waals surface area contributed by atoms with E-state index in [1.165, 1.54) is 21.8 Å². The molecule has 1 unspecified atom stereocenters. The summed E-state index contributed by atoms with van der Waals surface area (Å²) in [4.78, 5) is 0. The second kappa shape index (κ2) is 5.79. The third-order valence-electron chi connectivity index (χ3n) is 3.42. The fraction of sp³-hybridized carbons (Fsp3) is 0.200. The third-order valence-corrected chi connectivity index (χ3v) is 4.96. The molecule has 20 heavy (non-hydrogen) atoms. The van der Waals surface area contributed by atoms with Crippen molar-refractivity contribution in [3.05, 3.63) is 45.3 Å². The summed E-state index contributed by atoms with van der Waals surface area (Å²) in [5.41, 5.74) is 2.35. The second-order valence-electron chi connectivity index (χ2n) is 4.54. The van der Waals surface area contributed by atoms with Crippen molar-refractivity contribution >= 4 is 69.6 Å². The average Bonchev–Trinajstić information content (AvgIpc) is 2.74. The van der Waals surface area contributed by atoms with Gasteiger partial charge in [0.1, 0.15) is 6.23 Å². The molecular weight excluding hydrogens is 450 g/mol. The zero-order chi connectivity index (χ0) is 14.3. The molecule has 0 aliphatic heterocycles. The maximum Gasteiger partial charge on any atom is 0.143 e. The molecular formula is C15H12Br3NO. The van der Waals surface area contributed by atoms with Gasteiger partial charge in [0.25, 0.3) is 0 Å². The SMILES string of the molecule is COC(CBr)n1c2ccc(Br)cc2c2cc(Br)ccc21. The van der Waals surface area contributed by atoms with Crippen molar-refractivity contribution in [3.8, 4) is 0 Å². The van der Waals surface area contributed by atoms with Crippen LogP contribution >= 0.6 is 47.8 Å². The van der Waals surface area contributed by atoms with Crippen LogP contribution in [0.3, 0.4) is 0 Å². The van der Waals surface area contributed by atoms with Crippen LogP contribution in [0, 0.1) is 0 Å². The number of aromatic nitrogens is 1. The number of nitrogens with zero attached hydrogens (tertiary/aromatic N) is 1. The van der Waals surface area contributed by atoms with Crippen LogP contribution in [-0.4, -0.2) is 17.0 Å². The van der Waals surface area contributed by atoms with E-state index in [2.05, 4.69) is 88.8 Å². The number of benzene rings is 2. The molecule has 0 spiro atoms. The molecule has 1 atom stereocenters. The van der Waals surface area contributed by atoms with Gasteiger partial charge >= 0.3 is 0 Å². The van der Waals surface area contributed by atoms with E-state index in [-0.39, 0.29) is 6.23 Å². The van der Waals surface area contributed by atoms with E-state index in [9.17, 15) is 0 Å². The molecule has 3 rings (SSSR count). The molecule has 1 aromatic heterocycles. The van der Waals surface area contributed by atoms with Crippen molar-refractivity contribution in [3.63, 3.8) is 0 Å². The first-order valence-corrected chi connectivity index (χ1v) is 8.84. The quantitative estimate of drug-likeness (QED) is 0.445. The Bertz CT molecular complexity index is 718. The molecule has 104 valence electrons. The molecule has 5 heteroatoms. The van der Waals surface area contributed by atoms with E-state index in [1.54, 1.807) is 7.11 Å². The number of methoxy groups -OCH3 is 1. The number of rotatable bonds is 3. The molecule has 2 aromatic carbocycles. The minimum absolute atomic E-state index is 0.0302. The van der Waals surface area contributed by atoms with Crippen molar-refractivity contribution in [2.75, 3.05) is 12.4 Å². The monoisotopic (exact) mass is 459 g/mol. The fourth-order valence-corrected chi connectivity index (χ4v) is 3.82. The molecule has 0 amide bonds. The van der Waals surface area contributed by atoms with Gasteiger partial charge in [-0.25, -0.2) is 0 Å². The summed E-state index contributed by atoms with van der Waals surface area (Å²) < 4.78 is 10.0. The van der Waals surface area contributed by atoms with E-state index >= 15 is 0 Å². The van der Waals surface area contributed by atoms with E-state index in [1.807, 2.05) is 0 Å². The number of alkyl halides is 1. The summed E-state index contributed by atoms with van der Waals surface area (Å²) in [5, 5.41) is 3.19. The molecule has 2 nitrogen and oxygen atoms in total. The van der Waals surface area contributed by atoms with Crippen molar-refractivity contribution < 1.29 is 4.74 Å². The standard InChI is InChI=1S/C15H12Br3NO/c1-20-15(8-16)19-13-4-2-9(17)6-11(13)12-7-10(18)3-5-14(12)19/h2-7,15H,8H2,1H3. The predicted molar refractivity (Wildman–Crippen MR) is 94.7 cm³/mol. The summed E-state index contributed by atoms with van der Waals surface area (Å²) in [7, 11) is 1.74. The molecule has 0 aliphatic carbocycles. The molecule has 0 saturated heterocycles. The van der Waals surface area contributed by atoms with E-state index in [4.69, 9.17) is 4.74 Å². The number of halogens is 3. The Kier molecular flexibility index (Phi) is 4.22. The Morgan fingerprint density at radius 1 is 1.00 bits per heavy atom. The van der Waals surface area contributed by atoms with Crippen LogP contribution in [0.4, 0.5) is 0 Å².